The van der Waals surface area contributed by atoms with Crippen LogP contribution in [0.2, 0.25) is 5.02 Å². The summed E-state index contributed by atoms with van der Waals surface area (Å²) in [6.07, 6.45) is 0.954. The number of nitrogens with one attached hydrogen (secondary N) is 1. The number of ether oxygens (including phenoxy) is 3. The molecule has 2 aromatic carbocycles. The van der Waals surface area contributed by atoms with Crippen LogP contribution in [0, 0.1) is 5.82 Å². The predicted molar refractivity (Wildman–Crippen MR) is 109 cm³/mol. The molecule has 0 heterocycles. The molecule has 0 aromatic heterocycles. The highest BCUT2D eigenvalue weighted by Crippen LogP contribution is 2.37. The molecule has 148 valence electrons. The molecule has 0 aliphatic rings. The van der Waals surface area contributed by atoms with E-state index in [-0.39, 0.29) is 12.4 Å². The van der Waals surface area contributed by atoms with E-state index in [0.29, 0.717) is 35.2 Å². The molecule has 2 rings (SSSR count). The lowest BCUT2D eigenvalue weighted by atomic mass is 10.2. The van der Waals surface area contributed by atoms with Gasteiger partial charge in [-0.3, -0.25) is 0 Å². The summed E-state index contributed by atoms with van der Waals surface area (Å²) in [6.45, 7) is 4.98. The zero-order valence-corrected chi connectivity index (χ0v) is 17.8. The van der Waals surface area contributed by atoms with E-state index in [4.69, 9.17) is 25.8 Å². The summed E-state index contributed by atoms with van der Waals surface area (Å²) in [5.74, 6) is 0.876. The van der Waals surface area contributed by atoms with Crippen molar-refractivity contribution in [1.82, 2.24) is 5.32 Å². The van der Waals surface area contributed by atoms with Gasteiger partial charge < -0.3 is 19.5 Å². The molecule has 0 aliphatic carbocycles. The van der Waals surface area contributed by atoms with Crippen molar-refractivity contribution in [3.05, 3.63) is 56.8 Å². The topological polar surface area (TPSA) is 39.7 Å². The Morgan fingerprint density at radius 3 is 2.70 bits per heavy atom. The summed E-state index contributed by atoms with van der Waals surface area (Å²) in [4.78, 5) is 0. The van der Waals surface area contributed by atoms with Gasteiger partial charge in [-0.05, 0) is 65.6 Å². The number of rotatable bonds is 11. The van der Waals surface area contributed by atoms with E-state index in [9.17, 15) is 4.39 Å². The van der Waals surface area contributed by atoms with Crippen molar-refractivity contribution in [2.75, 3.05) is 26.9 Å². The van der Waals surface area contributed by atoms with Crippen molar-refractivity contribution >= 4 is 27.5 Å². The Morgan fingerprint density at radius 2 is 2.00 bits per heavy atom. The molecule has 0 fully saturated rings. The van der Waals surface area contributed by atoms with Gasteiger partial charge in [-0.1, -0.05) is 17.7 Å². The van der Waals surface area contributed by atoms with Gasteiger partial charge in [0.2, 0.25) is 0 Å². The van der Waals surface area contributed by atoms with E-state index in [1.807, 2.05) is 19.1 Å². The van der Waals surface area contributed by atoms with E-state index < -0.39 is 0 Å². The highest BCUT2D eigenvalue weighted by Gasteiger charge is 2.13. The van der Waals surface area contributed by atoms with Crippen molar-refractivity contribution < 1.29 is 18.6 Å². The summed E-state index contributed by atoms with van der Waals surface area (Å²) < 4.78 is 30.7. The Kier molecular flexibility index (Phi) is 9.34. The third-order valence-corrected chi connectivity index (χ3v) is 4.73. The van der Waals surface area contributed by atoms with Crippen LogP contribution in [-0.4, -0.2) is 26.9 Å². The first kappa shape index (κ1) is 22.0. The SMILES string of the molecule is CCOc1cc(CNCCCOC)cc(Br)c1OCc1ccc(F)cc1Cl. The van der Waals surface area contributed by atoms with Gasteiger partial charge >= 0.3 is 0 Å². The molecule has 0 saturated carbocycles. The number of halogens is 3. The molecule has 27 heavy (non-hydrogen) atoms. The van der Waals surface area contributed by atoms with Crippen LogP contribution in [0.5, 0.6) is 11.5 Å². The van der Waals surface area contributed by atoms with Gasteiger partial charge in [0, 0.05) is 25.8 Å². The van der Waals surface area contributed by atoms with Crippen LogP contribution in [0.25, 0.3) is 0 Å². The molecule has 1 N–H and O–H groups in total. The third-order valence-electron chi connectivity index (χ3n) is 3.79. The Labute approximate surface area is 173 Å². The minimum absolute atomic E-state index is 0.215. The van der Waals surface area contributed by atoms with Gasteiger partial charge in [0.25, 0.3) is 0 Å². The average molecular weight is 461 g/mol. The molecule has 0 aliphatic heterocycles. The Morgan fingerprint density at radius 1 is 1.19 bits per heavy atom. The van der Waals surface area contributed by atoms with E-state index >= 15 is 0 Å². The van der Waals surface area contributed by atoms with Crippen LogP contribution in [-0.2, 0) is 17.9 Å². The van der Waals surface area contributed by atoms with Crippen molar-refractivity contribution in [1.29, 1.82) is 0 Å². The summed E-state index contributed by atoms with van der Waals surface area (Å²) in [6, 6.07) is 8.20. The molecule has 0 spiro atoms. The molecule has 0 saturated heterocycles. The van der Waals surface area contributed by atoms with Gasteiger partial charge in [-0.15, -0.1) is 0 Å². The number of methoxy groups -OCH3 is 1. The fraction of sp³-hybridized carbons (Fsp3) is 0.400. The first-order valence-electron chi connectivity index (χ1n) is 8.76. The van der Waals surface area contributed by atoms with Crippen LogP contribution >= 0.6 is 27.5 Å². The van der Waals surface area contributed by atoms with Gasteiger partial charge in [0.15, 0.2) is 11.5 Å². The average Bonchev–Trinajstić information content (AvgIpc) is 2.62. The highest BCUT2D eigenvalue weighted by atomic mass is 79.9. The lowest BCUT2D eigenvalue weighted by Crippen LogP contribution is -2.16. The first-order valence-corrected chi connectivity index (χ1v) is 9.93. The van der Waals surface area contributed by atoms with Gasteiger partial charge in [0.05, 0.1) is 16.1 Å². The minimum atomic E-state index is -0.373. The monoisotopic (exact) mass is 459 g/mol. The molecular formula is C20H24BrClFNO3. The lowest BCUT2D eigenvalue weighted by Gasteiger charge is -2.16. The molecule has 2 aromatic rings. The largest absolute Gasteiger partial charge is 0.490 e. The van der Waals surface area contributed by atoms with Crippen LogP contribution in [0.3, 0.4) is 0 Å². The predicted octanol–water partition coefficient (Wildman–Crippen LogP) is 5.35. The standard InChI is InChI=1S/C20H24BrClFNO3/c1-3-26-19-10-14(12-24-7-4-8-25-2)9-17(21)20(19)27-13-15-5-6-16(23)11-18(15)22/h5-6,9-11,24H,3-4,7-8,12-13H2,1-2H3. The Hall–Kier alpha value is -1.34. The normalized spacial score (nSPS) is 10.9. The summed E-state index contributed by atoms with van der Waals surface area (Å²) >= 11 is 9.63. The molecule has 0 atom stereocenters. The fourth-order valence-electron chi connectivity index (χ4n) is 2.49. The minimum Gasteiger partial charge on any atom is -0.490 e. The zero-order chi connectivity index (χ0) is 19.6. The molecule has 7 heteroatoms. The van der Waals surface area contributed by atoms with Crippen LogP contribution < -0.4 is 14.8 Å². The van der Waals surface area contributed by atoms with Crippen LogP contribution in [0.1, 0.15) is 24.5 Å². The quantitative estimate of drug-likeness (QED) is 0.459. The van der Waals surface area contributed by atoms with E-state index in [0.717, 1.165) is 29.6 Å². The van der Waals surface area contributed by atoms with Crippen LogP contribution in [0.15, 0.2) is 34.8 Å². The zero-order valence-electron chi connectivity index (χ0n) is 15.5. The first-order chi connectivity index (χ1) is 13.0. The number of benzene rings is 2. The van der Waals surface area contributed by atoms with Gasteiger partial charge in [0.1, 0.15) is 12.4 Å². The molecular weight excluding hydrogens is 437 g/mol. The van der Waals surface area contributed by atoms with Gasteiger partial charge in [-0.2, -0.15) is 0 Å². The lowest BCUT2D eigenvalue weighted by molar-refractivity contribution is 0.194. The molecule has 0 unspecified atom stereocenters. The maximum absolute atomic E-state index is 13.2. The van der Waals surface area contributed by atoms with Gasteiger partial charge in [-0.25, -0.2) is 4.39 Å². The molecule has 4 nitrogen and oxygen atoms in total. The second-order valence-corrected chi connectivity index (χ2v) is 7.15. The maximum Gasteiger partial charge on any atom is 0.175 e. The van der Waals surface area contributed by atoms with Crippen molar-refractivity contribution in [2.24, 2.45) is 0 Å². The fourth-order valence-corrected chi connectivity index (χ4v) is 3.32. The summed E-state index contributed by atoms with van der Waals surface area (Å²) in [5, 5.41) is 3.71. The molecule has 0 amide bonds. The summed E-state index contributed by atoms with van der Waals surface area (Å²) in [7, 11) is 1.70. The van der Waals surface area contributed by atoms with E-state index in [2.05, 4.69) is 21.2 Å². The number of hydrogen-bond acceptors (Lipinski definition) is 4. The van der Waals surface area contributed by atoms with E-state index in [1.54, 1.807) is 13.2 Å². The Balaban J connectivity index is 2.08. The number of hydrogen-bond donors (Lipinski definition) is 1. The smallest absolute Gasteiger partial charge is 0.175 e. The van der Waals surface area contributed by atoms with Crippen molar-refractivity contribution in [3.8, 4) is 11.5 Å². The highest BCUT2D eigenvalue weighted by molar-refractivity contribution is 9.10. The molecule has 0 bridgehead atoms. The second kappa shape index (κ2) is 11.5. The maximum atomic E-state index is 13.2. The molecule has 0 radical (unpaired) electrons. The summed E-state index contributed by atoms with van der Waals surface area (Å²) in [5.41, 5.74) is 1.78. The van der Waals surface area contributed by atoms with Crippen molar-refractivity contribution in [3.63, 3.8) is 0 Å². The van der Waals surface area contributed by atoms with Crippen LogP contribution in [0.4, 0.5) is 4.39 Å². The second-order valence-electron chi connectivity index (χ2n) is 5.89. The third kappa shape index (κ3) is 6.96. The van der Waals surface area contributed by atoms with Crippen molar-refractivity contribution in [2.45, 2.75) is 26.5 Å². The Bertz CT molecular complexity index is 745. The van der Waals surface area contributed by atoms with E-state index in [1.165, 1.54) is 12.1 Å².